The van der Waals surface area contributed by atoms with Crippen molar-refractivity contribution >= 4 is 5.97 Å². The van der Waals surface area contributed by atoms with Crippen LogP contribution in [0, 0.1) is 0 Å². The average molecular weight is 244 g/mol. The summed E-state index contributed by atoms with van der Waals surface area (Å²) in [7, 11) is 0. The summed E-state index contributed by atoms with van der Waals surface area (Å²) in [5, 5.41) is 18.1. The predicted molar refractivity (Wildman–Crippen MR) is 70.1 cm³/mol. The van der Waals surface area contributed by atoms with Crippen molar-refractivity contribution in [2.45, 2.75) is 83.7 Å². The van der Waals surface area contributed by atoms with E-state index in [4.69, 9.17) is 5.11 Å². The van der Waals surface area contributed by atoms with Crippen LogP contribution in [0.4, 0.5) is 0 Å². The van der Waals surface area contributed by atoms with E-state index in [1.807, 2.05) is 0 Å². The Labute approximate surface area is 105 Å². The van der Waals surface area contributed by atoms with Crippen molar-refractivity contribution in [1.82, 2.24) is 0 Å². The highest BCUT2D eigenvalue weighted by Gasteiger charge is 2.03. The molecule has 0 saturated carbocycles. The second-order valence-electron chi connectivity index (χ2n) is 4.85. The smallest absolute Gasteiger partial charge is 0.303 e. The SMILES string of the molecule is CCCCCC(O)CCCCCCCC(=O)O. The van der Waals surface area contributed by atoms with Crippen molar-refractivity contribution < 1.29 is 15.0 Å². The lowest BCUT2D eigenvalue weighted by Crippen LogP contribution is -2.05. The van der Waals surface area contributed by atoms with Crippen LogP contribution in [0.1, 0.15) is 77.6 Å². The molecule has 1 atom stereocenters. The number of hydrogen-bond donors (Lipinski definition) is 2. The number of carboxylic acids is 1. The molecule has 0 saturated heterocycles. The van der Waals surface area contributed by atoms with Gasteiger partial charge in [-0.1, -0.05) is 51.9 Å². The van der Waals surface area contributed by atoms with Crippen LogP contribution >= 0.6 is 0 Å². The van der Waals surface area contributed by atoms with Crippen molar-refractivity contribution in [1.29, 1.82) is 0 Å². The maximum absolute atomic E-state index is 10.3. The lowest BCUT2D eigenvalue weighted by molar-refractivity contribution is -0.137. The van der Waals surface area contributed by atoms with Crippen molar-refractivity contribution in [3.63, 3.8) is 0 Å². The molecule has 3 nitrogen and oxygen atoms in total. The van der Waals surface area contributed by atoms with Gasteiger partial charge in [-0.05, 0) is 19.3 Å². The van der Waals surface area contributed by atoms with Gasteiger partial charge in [0.05, 0.1) is 6.10 Å². The highest BCUT2D eigenvalue weighted by Crippen LogP contribution is 2.12. The first-order chi connectivity index (χ1) is 8.16. The van der Waals surface area contributed by atoms with Gasteiger partial charge in [0, 0.05) is 6.42 Å². The molecule has 0 amide bonds. The molecule has 0 aliphatic carbocycles. The fourth-order valence-corrected chi connectivity index (χ4v) is 1.96. The minimum absolute atomic E-state index is 0.124. The van der Waals surface area contributed by atoms with Gasteiger partial charge < -0.3 is 10.2 Å². The van der Waals surface area contributed by atoms with E-state index >= 15 is 0 Å². The van der Waals surface area contributed by atoms with Gasteiger partial charge in [0.25, 0.3) is 0 Å². The third kappa shape index (κ3) is 13.4. The van der Waals surface area contributed by atoms with E-state index < -0.39 is 5.97 Å². The summed E-state index contributed by atoms with van der Waals surface area (Å²) in [6, 6.07) is 0. The monoisotopic (exact) mass is 244 g/mol. The Morgan fingerprint density at radius 1 is 0.941 bits per heavy atom. The number of carboxylic acid groups (broad SMARTS) is 1. The molecular weight excluding hydrogens is 216 g/mol. The molecule has 0 aromatic rings. The molecule has 3 heteroatoms. The molecule has 0 aromatic heterocycles. The number of rotatable bonds is 12. The third-order valence-corrected chi connectivity index (χ3v) is 3.07. The molecule has 0 spiro atoms. The van der Waals surface area contributed by atoms with Crippen LogP contribution in [-0.2, 0) is 4.79 Å². The average Bonchev–Trinajstić information content (AvgIpc) is 2.28. The van der Waals surface area contributed by atoms with Gasteiger partial charge in [-0.2, -0.15) is 0 Å². The molecule has 0 heterocycles. The summed E-state index contributed by atoms with van der Waals surface area (Å²) >= 11 is 0. The molecule has 0 bridgehead atoms. The molecule has 17 heavy (non-hydrogen) atoms. The summed E-state index contributed by atoms with van der Waals surface area (Å²) in [6.07, 6.45) is 10.6. The highest BCUT2D eigenvalue weighted by atomic mass is 16.4. The number of carbonyl (C=O) groups is 1. The maximum Gasteiger partial charge on any atom is 0.303 e. The molecule has 0 aliphatic heterocycles. The van der Waals surface area contributed by atoms with Crippen LogP contribution in [0.5, 0.6) is 0 Å². The molecule has 2 N–H and O–H groups in total. The molecule has 0 aliphatic rings. The Kier molecular flexibility index (Phi) is 11.5. The second-order valence-corrected chi connectivity index (χ2v) is 4.85. The van der Waals surface area contributed by atoms with Gasteiger partial charge in [0.2, 0.25) is 0 Å². The lowest BCUT2D eigenvalue weighted by Gasteiger charge is -2.09. The van der Waals surface area contributed by atoms with E-state index in [9.17, 15) is 9.90 Å². The van der Waals surface area contributed by atoms with Gasteiger partial charge in [-0.15, -0.1) is 0 Å². The van der Waals surface area contributed by atoms with E-state index in [-0.39, 0.29) is 6.10 Å². The Hall–Kier alpha value is -0.570. The van der Waals surface area contributed by atoms with E-state index in [2.05, 4.69) is 6.92 Å². The number of aliphatic carboxylic acids is 1. The van der Waals surface area contributed by atoms with E-state index in [0.717, 1.165) is 51.4 Å². The van der Waals surface area contributed by atoms with Crippen LogP contribution < -0.4 is 0 Å². The number of hydrogen-bond acceptors (Lipinski definition) is 2. The molecule has 0 radical (unpaired) electrons. The highest BCUT2D eigenvalue weighted by molar-refractivity contribution is 5.66. The van der Waals surface area contributed by atoms with E-state index in [0.29, 0.717) is 6.42 Å². The quantitative estimate of drug-likeness (QED) is 0.514. The number of aliphatic hydroxyl groups is 1. The number of aliphatic hydroxyl groups excluding tert-OH is 1. The van der Waals surface area contributed by atoms with Crippen molar-refractivity contribution in [2.24, 2.45) is 0 Å². The fourth-order valence-electron chi connectivity index (χ4n) is 1.96. The largest absolute Gasteiger partial charge is 0.481 e. The Balaban J connectivity index is 3.13. The molecular formula is C14H28O3. The summed E-state index contributed by atoms with van der Waals surface area (Å²) in [5.74, 6) is -0.698. The van der Waals surface area contributed by atoms with Gasteiger partial charge in [0.15, 0.2) is 0 Å². The Morgan fingerprint density at radius 2 is 1.47 bits per heavy atom. The zero-order valence-electron chi connectivity index (χ0n) is 11.2. The Morgan fingerprint density at radius 3 is 2.06 bits per heavy atom. The molecule has 102 valence electrons. The van der Waals surface area contributed by atoms with Crippen LogP contribution in [-0.4, -0.2) is 22.3 Å². The molecule has 0 fully saturated rings. The molecule has 0 rings (SSSR count). The van der Waals surface area contributed by atoms with Gasteiger partial charge in [-0.3, -0.25) is 4.79 Å². The van der Waals surface area contributed by atoms with Gasteiger partial charge >= 0.3 is 5.97 Å². The van der Waals surface area contributed by atoms with Crippen LogP contribution in [0.3, 0.4) is 0 Å². The lowest BCUT2D eigenvalue weighted by atomic mass is 10.0. The van der Waals surface area contributed by atoms with Crippen molar-refractivity contribution in [2.75, 3.05) is 0 Å². The summed E-state index contributed by atoms with van der Waals surface area (Å²) in [4.78, 5) is 10.3. The van der Waals surface area contributed by atoms with Crippen LogP contribution in [0.25, 0.3) is 0 Å². The first kappa shape index (κ1) is 16.4. The number of unbranched alkanes of at least 4 members (excludes halogenated alkanes) is 6. The zero-order chi connectivity index (χ0) is 12.9. The minimum atomic E-state index is -0.698. The third-order valence-electron chi connectivity index (χ3n) is 3.07. The maximum atomic E-state index is 10.3. The minimum Gasteiger partial charge on any atom is -0.481 e. The van der Waals surface area contributed by atoms with E-state index in [1.54, 1.807) is 0 Å². The molecule has 0 aromatic carbocycles. The standard InChI is InChI=1S/C14H28O3/c1-2-3-7-10-13(15)11-8-5-4-6-9-12-14(16)17/h13,15H,2-12H2,1H3,(H,16,17). The summed E-state index contributed by atoms with van der Waals surface area (Å²) in [5.41, 5.74) is 0. The predicted octanol–water partition coefficient (Wildman–Crippen LogP) is 3.74. The molecule has 1 unspecified atom stereocenters. The second kappa shape index (κ2) is 11.9. The Bertz CT molecular complexity index is 180. The zero-order valence-corrected chi connectivity index (χ0v) is 11.2. The van der Waals surface area contributed by atoms with E-state index in [1.165, 1.54) is 12.8 Å². The van der Waals surface area contributed by atoms with Gasteiger partial charge in [-0.25, -0.2) is 0 Å². The van der Waals surface area contributed by atoms with Crippen LogP contribution in [0.2, 0.25) is 0 Å². The summed E-state index contributed by atoms with van der Waals surface area (Å²) < 4.78 is 0. The van der Waals surface area contributed by atoms with Crippen molar-refractivity contribution in [3.05, 3.63) is 0 Å². The fraction of sp³-hybridized carbons (Fsp3) is 0.929. The van der Waals surface area contributed by atoms with Gasteiger partial charge in [0.1, 0.15) is 0 Å². The first-order valence-corrected chi connectivity index (χ1v) is 7.06. The summed E-state index contributed by atoms with van der Waals surface area (Å²) in [6.45, 7) is 2.17. The first-order valence-electron chi connectivity index (χ1n) is 7.06. The topological polar surface area (TPSA) is 57.5 Å². The van der Waals surface area contributed by atoms with Crippen molar-refractivity contribution in [3.8, 4) is 0 Å². The van der Waals surface area contributed by atoms with Crippen LogP contribution in [0.15, 0.2) is 0 Å². The normalized spacial score (nSPS) is 12.6.